The van der Waals surface area contributed by atoms with E-state index >= 15 is 0 Å². The first kappa shape index (κ1) is 15.6. The summed E-state index contributed by atoms with van der Waals surface area (Å²) in [6.07, 6.45) is 1.25. The highest BCUT2D eigenvalue weighted by Crippen LogP contribution is 2.10. The molecule has 102 valence electrons. The molecule has 2 rings (SSSR count). The van der Waals surface area contributed by atoms with Gasteiger partial charge in [0.1, 0.15) is 6.33 Å². The standard InChI is InChI=1S/C6H7NO3S.C3HCl2N3/c7-5-1-3-6(4-2-5)11(8,9)10;4-2-6-1-7-3(5)8-2/h1-4H,7H2,(H,8,9,10);1H. The Balaban J connectivity index is 0.000000200. The van der Waals surface area contributed by atoms with Gasteiger partial charge in [0.05, 0.1) is 4.90 Å². The predicted molar refractivity (Wildman–Crippen MR) is 70.5 cm³/mol. The predicted octanol–water partition coefficient (Wildman–Crippen LogP) is 1.69. The number of halogens is 2. The molecule has 0 saturated carbocycles. The van der Waals surface area contributed by atoms with E-state index in [4.69, 9.17) is 33.5 Å². The Morgan fingerprint density at radius 3 is 1.84 bits per heavy atom. The number of nitrogens with two attached hydrogens (primary N) is 1. The van der Waals surface area contributed by atoms with Crippen molar-refractivity contribution in [2.45, 2.75) is 4.90 Å². The van der Waals surface area contributed by atoms with E-state index in [9.17, 15) is 8.42 Å². The summed E-state index contributed by atoms with van der Waals surface area (Å²) in [4.78, 5) is 10.3. The van der Waals surface area contributed by atoms with Crippen molar-refractivity contribution in [1.29, 1.82) is 0 Å². The molecule has 2 aromatic rings. The lowest BCUT2D eigenvalue weighted by molar-refractivity contribution is 0.483. The minimum atomic E-state index is -4.08. The van der Waals surface area contributed by atoms with Gasteiger partial charge in [-0.1, -0.05) is 0 Å². The number of hydrogen-bond donors (Lipinski definition) is 2. The second kappa shape index (κ2) is 6.62. The Labute approximate surface area is 119 Å². The van der Waals surface area contributed by atoms with Crippen LogP contribution in [0, 0.1) is 0 Å². The Morgan fingerprint density at radius 1 is 1.05 bits per heavy atom. The summed E-state index contributed by atoms with van der Waals surface area (Å²) in [7, 11) is -4.08. The fraction of sp³-hybridized carbons (Fsp3) is 0. The smallest absolute Gasteiger partial charge is 0.294 e. The molecule has 1 aromatic heterocycles. The van der Waals surface area contributed by atoms with Crippen molar-refractivity contribution in [2.75, 3.05) is 5.73 Å². The Morgan fingerprint density at radius 2 is 1.53 bits per heavy atom. The minimum absolute atomic E-state index is 0.116. The van der Waals surface area contributed by atoms with Crippen molar-refractivity contribution < 1.29 is 13.0 Å². The van der Waals surface area contributed by atoms with Crippen LogP contribution < -0.4 is 5.73 Å². The first-order valence-electron chi connectivity index (χ1n) is 4.62. The van der Waals surface area contributed by atoms with Gasteiger partial charge in [0.15, 0.2) is 0 Å². The van der Waals surface area contributed by atoms with Crippen molar-refractivity contribution in [3.8, 4) is 0 Å². The Hall–Kier alpha value is -1.48. The molecule has 10 heteroatoms. The zero-order valence-electron chi connectivity index (χ0n) is 9.23. The lowest BCUT2D eigenvalue weighted by Gasteiger charge is -1.95. The van der Waals surface area contributed by atoms with Crippen LogP contribution in [-0.2, 0) is 10.1 Å². The van der Waals surface area contributed by atoms with Gasteiger partial charge in [-0.3, -0.25) is 4.55 Å². The molecule has 0 atom stereocenters. The third kappa shape index (κ3) is 5.79. The number of hydrogen-bond acceptors (Lipinski definition) is 6. The highest BCUT2D eigenvalue weighted by molar-refractivity contribution is 7.85. The minimum Gasteiger partial charge on any atom is -0.399 e. The van der Waals surface area contributed by atoms with Gasteiger partial charge in [-0.2, -0.15) is 13.4 Å². The molecule has 0 radical (unpaired) electrons. The monoisotopic (exact) mass is 322 g/mol. The second-order valence-electron chi connectivity index (χ2n) is 3.07. The van der Waals surface area contributed by atoms with E-state index in [0.717, 1.165) is 0 Å². The SMILES string of the molecule is Clc1ncnc(Cl)n1.Nc1ccc(S(=O)(=O)O)cc1. The number of benzene rings is 1. The van der Waals surface area contributed by atoms with Gasteiger partial charge in [0.2, 0.25) is 10.6 Å². The van der Waals surface area contributed by atoms with Crippen LogP contribution in [-0.4, -0.2) is 27.9 Å². The number of rotatable bonds is 1. The molecule has 7 nitrogen and oxygen atoms in total. The molecule has 0 aliphatic carbocycles. The van der Waals surface area contributed by atoms with Crippen molar-refractivity contribution in [2.24, 2.45) is 0 Å². The Kier molecular flexibility index (Phi) is 5.43. The van der Waals surface area contributed by atoms with Gasteiger partial charge >= 0.3 is 0 Å². The maximum atomic E-state index is 10.5. The summed E-state index contributed by atoms with van der Waals surface area (Å²) in [5, 5.41) is 0.231. The second-order valence-corrected chi connectivity index (χ2v) is 5.17. The molecule has 0 aliphatic rings. The summed E-state index contributed by atoms with van der Waals surface area (Å²) in [5.74, 6) is 0. The van der Waals surface area contributed by atoms with Gasteiger partial charge in [-0.05, 0) is 47.5 Å². The fourth-order valence-corrected chi connectivity index (χ4v) is 1.67. The highest BCUT2D eigenvalue weighted by atomic mass is 35.5. The fourth-order valence-electron chi connectivity index (χ4n) is 0.898. The van der Waals surface area contributed by atoms with Crippen molar-refractivity contribution in [1.82, 2.24) is 15.0 Å². The van der Waals surface area contributed by atoms with E-state index in [2.05, 4.69) is 15.0 Å². The molecule has 0 aliphatic heterocycles. The van der Waals surface area contributed by atoms with Gasteiger partial charge in [0, 0.05) is 5.69 Å². The zero-order chi connectivity index (χ0) is 14.5. The summed E-state index contributed by atoms with van der Waals surface area (Å²) in [6, 6.07) is 5.29. The molecule has 1 aromatic carbocycles. The van der Waals surface area contributed by atoms with Crippen LogP contribution in [0.1, 0.15) is 0 Å². The van der Waals surface area contributed by atoms with E-state index < -0.39 is 10.1 Å². The normalized spacial score (nSPS) is 10.5. The van der Waals surface area contributed by atoms with E-state index in [0.29, 0.717) is 5.69 Å². The van der Waals surface area contributed by atoms with E-state index in [1.807, 2.05) is 0 Å². The average molecular weight is 323 g/mol. The van der Waals surface area contributed by atoms with E-state index in [-0.39, 0.29) is 15.5 Å². The van der Waals surface area contributed by atoms with Crippen LogP contribution in [0.25, 0.3) is 0 Å². The summed E-state index contributed by atoms with van der Waals surface area (Å²) in [6.45, 7) is 0. The number of nitrogens with zero attached hydrogens (tertiary/aromatic N) is 3. The molecule has 0 saturated heterocycles. The van der Waals surface area contributed by atoms with Crippen LogP contribution >= 0.6 is 23.2 Å². The van der Waals surface area contributed by atoms with Gasteiger partial charge < -0.3 is 5.73 Å². The first-order valence-corrected chi connectivity index (χ1v) is 6.81. The third-order valence-corrected chi connectivity index (χ3v) is 2.92. The zero-order valence-corrected chi connectivity index (χ0v) is 11.6. The molecule has 1 heterocycles. The largest absolute Gasteiger partial charge is 0.399 e. The molecule has 19 heavy (non-hydrogen) atoms. The molecular formula is C9H8Cl2N4O3S. The van der Waals surface area contributed by atoms with Crippen LogP contribution in [0.2, 0.25) is 10.6 Å². The van der Waals surface area contributed by atoms with Crippen molar-refractivity contribution in [3.63, 3.8) is 0 Å². The molecular weight excluding hydrogens is 315 g/mol. The van der Waals surface area contributed by atoms with Gasteiger partial charge in [-0.15, -0.1) is 0 Å². The van der Waals surface area contributed by atoms with Crippen LogP contribution in [0.15, 0.2) is 35.5 Å². The number of aromatic nitrogens is 3. The maximum Gasteiger partial charge on any atom is 0.294 e. The molecule has 0 fully saturated rings. The Bertz CT molecular complexity index is 632. The van der Waals surface area contributed by atoms with E-state index in [1.54, 1.807) is 0 Å². The lowest BCUT2D eigenvalue weighted by atomic mass is 10.3. The first-order chi connectivity index (χ1) is 8.79. The maximum absolute atomic E-state index is 10.5. The highest BCUT2D eigenvalue weighted by Gasteiger charge is 2.06. The van der Waals surface area contributed by atoms with Crippen LogP contribution in [0.4, 0.5) is 5.69 Å². The van der Waals surface area contributed by atoms with Crippen LogP contribution in [0.3, 0.4) is 0 Å². The summed E-state index contributed by atoms with van der Waals surface area (Å²) >= 11 is 10.6. The van der Waals surface area contributed by atoms with Crippen LogP contribution in [0.5, 0.6) is 0 Å². The lowest BCUT2D eigenvalue weighted by Crippen LogP contribution is -1.97. The summed E-state index contributed by atoms with van der Waals surface area (Å²) < 4.78 is 29.4. The van der Waals surface area contributed by atoms with Gasteiger partial charge in [0.25, 0.3) is 10.1 Å². The quantitative estimate of drug-likeness (QED) is 0.605. The molecule has 0 bridgehead atoms. The molecule has 3 N–H and O–H groups in total. The molecule has 0 unspecified atom stereocenters. The average Bonchev–Trinajstić information content (AvgIpc) is 2.28. The number of anilines is 1. The third-order valence-electron chi connectivity index (χ3n) is 1.69. The summed E-state index contributed by atoms with van der Waals surface area (Å²) in [5.41, 5.74) is 5.75. The molecule has 0 amide bonds. The molecule has 0 spiro atoms. The topological polar surface area (TPSA) is 119 Å². The van der Waals surface area contributed by atoms with Gasteiger partial charge in [-0.25, -0.2) is 9.97 Å². The van der Waals surface area contributed by atoms with Crippen molar-refractivity contribution in [3.05, 3.63) is 41.2 Å². The van der Waals surface area contributed by atoms with Crippen molar-refractivity contribution >= 4 is 39.0 Å². The number of nitrogen functional groups attached to an aromatic ring is 1. The van der Waals surface area contributed by atoms with E-state index in [1.165, 1.54) is 30.6 Å².